The van der Waals surface area contributed by atoms with Crippen molar-refractivity contribution in [2.24, 2.45) is 5.92 Å². The highest BCUT2D eigenvalue weighted by Crippen LogP contribution is 2.30. The van der Waals surface area contributed by atoms with Crippen molar-refractivity contribution < 1.29 is 14.1 Å². The lowest BCUT2D eigenvalue weighted by molar-refractivity contribution is -0.134. The summed E-state index contributed by atoms with van der Waals surface area (Å²) in [5, 5.41) is 4.06. The maximum absolute atomic E-state index is 12.5. The standard InChI is InChI=1S/C22H23N3O3/c1-16-11-13-25(14-12-16)20(26)15-27-19-10-6-5-9-18(19)22-23-21(24-28-22)17-7-3-2-4-8-17/h2-10,16H,11-15H2,1H3. The second-order valence-electron chi connectivity index (χ2n) is 7.14. The minimum absolute atomic E-state index is 0.00503. The molecule has 0 unspecified atom stereocenters. The van der Waals surface area contributed by atoms with Crippen LogP contribution >= 0.6 is 0 Å². The number of nitrogens with zero attached hydrogens (tertiary/aromatic N) is 3. The van der Waals surface area contributed by atoms with Gasteiger partial charge < -0.3 is 14.2 Å². The van der Waals surface area contributed by atoms with Crippen LogP contribution in [0.4, 0.5) is 0 Å². The minimum atomic E-state index is 0.00503. The zero-order valence-corrected chi connectivity index (χ0v) is 15.9. The Morgan fingerprint density at radius 1 is 1.11 bits per heavy atom. The fraction of sp³-hybridized carbons (Fsp3) is 0.318. The number of carbonyl (C=O) groups is 1. The van der Waals surface area contributed by atoms with Gasteiger partial charge in [-0.15, -0.1) is 0 Å². The van der Waals surface area contributed by atoms with Gasteiger partial charge in [0.15, 0.2) is 6.61 Å². The Morgan fingerprint density at radius 2 is 1.82 bits per heavy atom. The molecule has 0 bridgehead atoms. The lowest BCUT2D eigenvalue weighted by atomic mass is 9.99. The summed E-state index contributed by atoms with van der Waals surface area (Å²) in [6.07, 6.45) is 2.10. The summed E-state index contributed by atoms with van der Waals surface area (Å²) < 4.78 is 11.3. The van der Waals surface area contributed by atoms with Crippen molar-refractivity contribution in [1.82, 2.24) is 15.0 Å². The Bertz CT molecular complexity index is 931. The van der Waals surface area contributed by atoms with Gasteiger partial charge in [0.1, 0.15) is 5.75 Å². The molecule has 28 heavy (non-hydrogen) atoms. The number of rotatable bonds is 5. The van der Waals surface area contributed by atoms with Gasteiger partial charge in [0.2, 0.25) is 5.82 Å². The molecule has 2 aromatic carbocycles. The van der Waals surface area contributed by atoms with Gasteiger partial charge in [0.25, 0.3) is 11.8 Å². The Labute approximate surface area is 164 Å². The molecule has 0 atom stereocenters. The van der Waals surface area contributed by atoms with E-state index in [0.717, 1.165) is 31.5 Å². The molecule has 0 aliphatic carbocycles. The second kappa shape index (κ2) is 8.25. The summed E-state index contributed by atoms with van der Waals surface area (Å²) >= 11 is 0. The first-order chi connectivity index (χ1) is 13.7. The van der Waals surface area contributed by atoms with E-state index in [9.17, 15) is 4.79 Å². The molecule has 0 spiro atoms. The van der Waals surface area contributed by atoms with Crippen LogP contribution in [0.2, 0.25) is 0 Å². The minimum Gasteiger partial charge on any atom is -0.483 e. The monoisotopic (exact) mass is 377 g/mol. The lowest BCUT2D eigenvalue weighted by Gasteiger charge is -2.30. The number of ether oxygens (including phenoxy) is 1. The van der Waals surface area contributed by atoms with Gasteiger partial charge in [-0.2, -0.15) is 4.98 Å². The first kappa shape index (κ1) is 18.2. The van der Waals surface area contributed by atoms with Crippen LogP contribution in [0.3, 0.4) is 0 Å². The maximum Gasteiger partial charge on any atom is 0.262 e. The number of benzene rings is 2. The van der Waals surface area contributed by atoms with E-state index in [1.807, 2.05) is 59.5 Å². The van der Waals surface area contributed by atoms with E-state index in [-0.39, 0.29) is 12.5 Å². The molecule has 1 saturated heterocycles. The predicted octanol–water partition coefficient (Wildman–Crippen LogP) is 4.04. The fourth-order valence-corrected chi connectivity index (χ4v) is 3.30. The zero-order valence-electron chi connectivity index (χ0n) is 15.9. The third kappa shape index (κ3) is 4.06. The zero-order chi connectivity index (χ0) is 19.3. The number of aromatic nitrogens is 2. The highest BCUT2D eigenvalue weighted by molar-refractivity contribution is 5.78. The molecule has 1 aromatic heterocycles. The van der Waals surface area contributed by atoms with Crippen molar-refractivity contribution in [3.63, 3.8) is 0 Å². The predicted molar refractivity (Wildman–Crippen MR) is 106 cm³/mol. The van der Waals surface area contributed by atoms with Crippen LogP contribution in [0.25, 0.3) is 22.8 Å². The Hall–Kier alpha value is -3.15. The molecule has 1 amide bonds. The topological polar surface area (TPSA) is 68.5 Å². The third-order valence-electron chi connectivity index (χ3n) is 5.06. The van der Waals surface area contributed by atoms with Crippen molar-refractivity contribution in [3.8, 4) is 28.6 Å². The Morgan fingerprint density at radius 3 is 2.61 bits per heavy atom. The van der Waals surface area contributed by atoms with Crippen molar-refractivity contribution in [2.75, 3.05) is 19.7 Å². The van der Waals surface area contributed by atoms with Gasteiger partial charge in [-0.1, -0.05) is 54.5 Å². The van der Waals surface area contributed by atoms with Crippen molar-refractivity contribution >= 4 is 5.91 Å². The number of likely N-dealkylation sites (tertiary alicyclic amines) is 1. The van der Waals surface area contributed by atoms with E-state index in [0.29, 0.717) is 28.9 Å². The molecule has 1 fully saturated rings. The highest BCUT2D eigenvalue weighted by atomic mass is 16.5. The summed E-state index contributed by atoms with van der Waals surface area (Å²) in [6.45, 7) is 3.83. The van der Waals surface area contributed by atoms with Crippen LogP contribution in [0, 0.1) is 5.92 Å². The molecule has 6 heteroatoms. The smallest absolute Gasteiger partial charge is 0.262 e. The van der Waals surface area contributed by atoms with Crippen LogP contribution in [0.5, 0.6) is 5.75 Å². The molecule has 1 aliphatic heterocycles. The number of piperidine rings is 1. The van der Waals surface area contributed by atoms with Gasteiger partial charge >= 0.3 is 0 Å². The fourth-order valence-electron chi connectivity index (χ4n) is 3.30. The van der Waals surface area contributed by atoms with Gasteiger partial charge in [-0.05, 0) is 30.9 Å². The van der Waals surface area contributed by atoms with Gasteiger partial charge in [0.05, 0.1) is 5.56 Å². The van der Waals surface area contributed by atoms with E-state index in [1.54, 1.807) is 0 Å². The quantitative estimate of drug-likeness (QED) is 0.671. The Balaban J connectivity index is 1.47. The maximum atomic E-state index is 12.5. The SMILES string of the molecule is CC1CCN(C(=O)COc2ccccc2-c2nc(-c3ccccc3)no2)CC1. The van der Waals surface area contributed by atoms with Crippen molar-refractivity contribution in [1.29, 1.82) is 0 Å². The lowest BCUT2D eigenvalue weighted by Crippen LogP contribution is -2.40. The van der Waals surface area contributed by atoms with E-state index < -0.39 is 0 Å². The molecule has 144 valence electrons. The number of hydrogen-bond acceptors (Lipinski definition) is 5. The van der Waals surface area contributed by atoms with E-state index in [2.05, 4.69) is 17.1 Å². The molecule has 2 heterocycles. The summed E-state index contributed by atoms with van der Waals surface area (Å²) in [5.74, 6) is 2.14. The molecular formula is C22H23N3O3. The summed E-state index contributed by atoms with van der Waals surface area (Å²) in [4.78, 5) is 18.8. The van der Waals surface area contributed by atoms with Crippen LogP contribution < -0.4 is 4.74 Å². The van der Waals surface area contributed by atoms with Gasteiger partial charge in [0, 0.05) is 18.7 Å². The average Bonchev–Trinajstić information content (AvgIpc) is 3.23. The first-order valence-corrected chi connectivity index (χ1v) is 9.60. The van der Waals surface area contributed by atoms with Crippen LogP contribution in [0.15, 0.2) is 59.1 Å². The largest absolute Gasteiger partial charge is 0.483 e. The van der Waals surface area contributed by atoms with E-state index >= 15 is 0 Å². The number of carbonyl (C=O) groups excluding carboxylic acids is 1. The molecular weight excluding hydrogens is 354 g/mol. The average molecular weight is 377 g/mol. The van der Waals surface area contributed by atoms with Gasteiger partial charge in [-0.3, -0.25) is 4.79 Å². The van der Waals surface area contributed by atoms with E-state index in [4.69, 9.17) is 9.26 Å². The molecule has 1 aliphatic rings. The summed E-state index contributed by atoms with van der Waals surface area (Å²) in [5.41, 5.74) is 1.56. The van der Waals surface area contributed by atoms with E-state index in [1.165, 1.54) is 0 Å². The van der Waals surface area contributed by atoms with Crippen LogP contribution in [-0.4, -0.2) is 40.6 Å². The Kier molecular flexibility index (Phi) is 5.37. The highest BCUT2D eigenvalue weighted by Gasteiger charge is 2.21. The molecule has 6 nitrogen and oxygen atoms in total. The molecule has 0 saturated carbocycles. The van der Waals surface area contributed by atoms with Gasteiger partial charge in [-0.25, -0.2) is 0 Å². The number of hydrogen-bond donors (Lipinski definition) is 0. The first-order valence-electron chi connectivity index (χ1n) is 9.60. The van der Waals surface area contributed by atoms with Crippen LogP contribution in [0.1, 0.15) is 19.8 Å². The van der Waals surface area contributed by atoms with Crippen molar-refractivity contribution in [2.45, 2.75) is 19.8 Å². The van der Waals surface area contributed by atoms with Crippen molar-refractivity contribution in [3.05, 3.63) is 54.6 Å². The second-order valence-corrected chi connectivity index (χ2v) is 7.14. The number of para-hydroxylation sites is 1. The van der Waals surface area contributed by atoms with Crippen LogP contribution in [-0.2, 0) is 4.79 Å². The molecule has 0 N–H and O–H groups in total. The number of amides is 1. The molecule has 3 aromatic rings. The third-order valence-corrected chi connectivity index (χ3v) is 5.06. The molecule has 4 rings (SSSR count). The molecule has 0 radical (unpaired) electrons. The summed E-state index contributed by atoms with van der Waals surface area (Å²) in [6, 6.07) is 17.0. The summed E-state index contributed by atoms with van der Waals surface area (Å²) in [7, 11) is 0. The normalized spacial score (nSPS) is 14.8.